The molecular formula is C11H22N2O. The molecule has 82 valence electrons. The highest BCUT2D eigenvalue weighted by Crippen LogP contribution is 2.10. The molecule has 1 amide bonds. The summed E-state index contributed by atoms with van der Waals surface area (Å²) in [5.41, 5.74) is 0. The highest BCUT2D eigenvalue weighted by Gasteiger charge is 2.21. The zero-order valence-corrected chi connectivity index (χ0v) is 9.46. The molecule has 1 aliphatic rings. The van der Waals surface area contributed by atoms with Crippen molar-refractivity contribution in [3.8, 4) is 0 Å². The van der Waals surface area contributed by atoms with Gasteiger partial charge in [-0.15, -0.1) is 0 Å². The zero-order valence-electron chi connectivity index (χ0n) is 9.46. The molecule has 1 saturated heterocycles. The molecule has 0 radical (unpaired) electrons. The Morgan fingerprint density at radius 2 is 1.93 bits per heavy atom. The Hall–Kier alpha value is -0.570. The summed E-state index contributed by atoms with van der Waals surface area (Å²) >= 11 is 0. The van der Waals surface area contributed by atoms with E-state index >= 15 is 0 Å². The second kappa shape index (κ2) is 6.02. The van der Waals surface area contributed by atoms with E-state index in [4.69, 9.17) is 0 Å². The average Bonchev–Trinajstić information content (AvgIpc) is 2.53. The molecule has 0 unspecified atom stereocenters. The van der Waals surface area contributed by atoms with Crippen molar-refractivity contribution in [1.82, 2.24) is 9.80 Å². The van der Waals surface area contributed by atoms with Crippen LogP contribution in [0.1, 0.15) is 39.5 Å². The van der Waals surface area contributed by atoms with Gasteiger partial charge in [-0.2, -0.15) is 0 Å². The number of hydrogen-bond acceptors (Lipinski definition) is 2. The molecule has 0 aromatic heterocycles. The third kappa shape index (κ3) is 3.29. The standard InChI is InChI=1S/C11H22N2O/c1-3-7-12(8-4-2)10-13-9-5-6-11(13)14/h3-10H2,1-2H3. The van der Waals surface area contributed by atoms with Gasteiger partial charge in [0.15, 0.2) is 0 Å². The Bertz CT molecular complexity index is 176. The van der Waals surface area contributed by atoms with Crippen molar-refractivity contribution in [3.63, 3.8) is 0 Å². The normalized spacial score (nSPS) is 17.1. The van der Waals surface area contributed by atoms with Crippen LogP contribution in [-0.4, -0.2) is 42.0 Å². The van der Waals surface area contributed by atoms with Crippen molar-refractivity contribution in [2.75, 3.05) is 26.3 Å². The first-order valence-electron chi connectivity index (χ1n) is 5.78. The molecule has 0 aliphatic carbocycles. The van der Waals surface area contributed by atoms with Gasteiger partial charge >= 0.3 is 0 Å². The van der Waals surface area contributed by atoms with Crippen LogP contribution in [0.2, 0.25) is 0 Å². The van der Waals surface area contributed by atoms with Crippen LogP contribution in [0.4, 0.5) is 0 Å². The van der Waals surface area contributed by atoms with Gasteiger partial charge < -0.3 is 4.90 Å². The lowest BCUT2D eigenvalue weighted by Gasteiger charge is -2.26. The molecule has 0 aromatic rings. The molecule has 1 aliphatic heterocycles. The summed E-state index contributed by atoms with van der Waals surface area (Å²) in [5, 5.41) is 0. The molecule has 1 rings (SSSR count). The summed E-state index contributed by atoms with van der Waals surface area (Å²) in [7, 11) is 0. The van der Waals surface area contributed by atoms with Crippen molar-refractivity contribution in [1.29, 1.82) is 0 Å². The van der Waals surface area contributed by atoms with Crippen LogP contribution in [0.3, 0.4) is 0 Å². The fourth-order valence-electron chi connectivity index (χ4n) is 1.98. The van der Waals surface area contributed by atoms with Gasteiger partial charge in [-0.1, -0.05) is 13.8 Å². The maximum absolute atomic E-state index is 11.4. The van der Waals surface area contributed by atoms with E-state index in [2.05, 4.69) is 18.7 Å². The van der Waals surface area contributed by atoms with E-state index in [1.807, 2.05) is 4.90 Å². The number of carbonyl (C=O) groups excluding carboxylic acids is 1. The largest absolute Gasteiger partial charge is 0.330 e. The number of rotatable bonds is 6. The van der Waals surface area contributed by atoms with E-state index in [9.17, 15) is 4.79 Å². The lowest BCUT2D eigenvalue weighted by atomic mass is 10.4. The highest BCUT2D eigenvalue weighted by molar-refractivity contribution is 5.77. The second-order valence-corrected chi connectivity index (χ2v) is 4.02. The monoisotopic (exact) mass is 198 g/mol. The minimum atomic E-state index is 0.335. The summed E-state index contributed by atoms with van der Waals surface area (Å²) in [4.78, 5) is 15.8. The van der Waals surface area contributed by atoms with E-state index in [-0.39, 0.29) is 0 Å². The summed E-state index contributed by atoms with van der Waals surface area (Å²) in [6.45, 7) is 8.40. The molecule has 0 aromatic carbocycles. The zero-order chi connectivity index (χ0) is 10.4. The van der Waals surface area contributed by atoms with Gasteiger partial charge in [-0.05, 0) is 32.4 Å². The highest BCUT2D eigenvalue weighted by atomic mass is 16.2. The maximum Gasteiger partial charge on any atom is 0.223 e. The van der Waals surface area contributed by atoms with Gasteiger partial charge in [0.25, 0.3) is 0 Å². The predicted molar refractivity (Wildman–Crippen MR) is 58.0 cm³/mol. The summed E-state index contributed by atoms with van der Waals surface area (Å²) < 4.78 is 0. The third-order valence-corrected chi connectivity index (χ3v) is 2.62. The molecule has 1 fully saturated rings. The Morgan fingerprint density at radius 3 is 2.36 bits per heavy atom. The Kier molecular flexibility index (Phi) is 4.94. The van der Waals surface area contributed by atoms with Crippen LogP contribution in [0.25, 0.3) is 0 Å². The van der Waals surface area contributed by atoms with E-state index in [0.717, 1.165) is 39.1 Å². The summed E-state index contributed by atoms with van der Waals surface area (Å²) in [6, 6.07) is 0. The average molecular weight is 198 g/mol. The maximum atomic E-state index is 11.4. The first-order valence-corrected chi connectivity index (χ1v) is 5.78. The van der Waals surface area contributed by atoms with Crippen LogP contribution in [0.15, 0.2) is 0 Å². The second-order valence-electron chi connectivity index (χ2n) is 4.02. The van der Waals surface area contributed by atoms with Crippen molar-refractivity contribution >= 4 is 5.91 Å². The SMILES string of the molecule is CCCN(CCC)CN1CCCC1=O. The first-order chi connectivity index (χ1) is 6.77. The number of hydrogen-bond donors (Lipinski definition) is 0. The predicted octanol–water partition coefficient (Wildman–Crippen LogP) is 1.69. The van der Waals surface area contributed by atoms with Crippen LogP contribution in [0, 0.1) is 0 Å². The number of likely N-dealkylation sites (tertiary alicyclic amines) is 1. The molecule has 1 heterocycles. The fraction of sp³-hybridized carbons (Fsp3) is 0.909. The van der Waals surface area contributed by atoms with Crippen molar-refractivity contribution in [2.45, 2.75) is 39.5 Å². The Balaban J connectivity index is 2.33. The molecule has 0 atom stereocenters. The number of carbonyl (C=O) groups is 1. The number of nitrogens with zero attached hydrogens (tertiary/aromatic N) is 2. The number of amides is 1. The van der Waals surface area contributed by atoms with E-state index in [1.165, 1.54) is 12.8 Å². The van der Waals surface area contributed by atoms with Gasteiger partial charge in [-0.25, -0.2) is 0 Å². The van der Waals surface area contributed by atoms with Gasteiger partial charge in [0.1, 0.15) is 0 Å². The molecule has 3 nitrogen and oxygen atoms in total. The summed E-state index contributed by atoms with van der Waals surface area (Å²) in [6.07, 6.45) is 4.14. The van der Waals surface area contributed by atoms with Crippen molar-refractivity contribution in [2.24, 2.45) is 0 Å². The van der Waals surface area contributed by atoms with Gasteiger partial charge in [0.05, 0.1) is 6.67 Å². The van der Waals surface area contributed by atoms with E-state index < -0.39 is 0 Å². The van der Waals surface area contributed by atoms with E-state index in [0.29, 0.717) is 5.91 Å². The smallest absolute Gasteiger partial charge is 0.223 e. The van der Waals surface area contributed by atoms with Crippen molar-refractivity contribution < 1.29 is 4.79 Å². The molecule has 0 spiro atoms. The third-order valence-electron chi connectivity index (χ3n) is 2.62. The molecule has 0 bridgehead atoms. The Labute approximate surface area is 87.1 Å². The minimum Gasteiger partial charge on any atom is -0.330 e. The molecule has 0 N–H and O–H groups in total. The van der Waals surface area contributed by atoms with Gasteiger partial charge in [0.2, 0.25) is 5.91 Å². The quantitative estimate of drug-likeness (QED) is 0.648. The molecular weight excluding hydrogens is 176 g/mol. The van der Waals surface area contributed by atoms with Crippen molar-refractivity contribution in [3.05, 3.63) is 0 Å². The van der Waals surface area contributed by atoms with E-state index in [1.54, 1.807) is 0 Å². The topological polar surface area (TPSA) is 23.6 Å². The van der Waals surface area contributed by atoms with Crippen LogP contribution < -0.4 is 0 Å². The van der Waals surface area contributed by atoms with Gasteiger partial charge in [0, 0.05) is 13.0 Å². The van der Waals surface area contributed by atoms with Crippen LogP contribution in [-0.2, 0) is 4.79 Å². The minimum absolute atomic E-state index is 0.335. The first kappa shape index (κ1) is 11.5. The fourth-order valence-corrected chi connectivity index (χ4v) is 1.98. The lowest BCUT2D eigenvalue weighted by Crippen LogP contribution is -2.39. The summed E-state index contributed by atoms with van der Waals surface area (Å²) in [5.74, 6) is 0.335. The van der Waals surface area contributed by atoms with Crippen LogP contribution in [0.5, 0.6) is 0 Å². The lowest BCUT2D eigenvalue weighted by molar-refractivity contribution is -0.129. The molecule has 0 saturated carbocycles. The Morgan fingerprint density at radius 1 is 1.29 bits per heavy atom. The van der Waals surface area contributed by atoms with Crippen LogP contribution >= 0.6 is 0 Å². The van der Waals surface area contributed by atoms with Gasteiger partial charge in [-0.3, -0.25) is 9.69 Å². The molecule has 14 heavy (non-hydrogen) atoms. The molecule has 3 heteroatoms.